The molecule has 0 aliphatic carbocycles. The maximum absolute atomic E-state index is 9.24. The van der Waals surface area contributed by atoms with E-state index in [4.69, 9.17) is 11.6 Å². The summed E-state index contributed by atoms with van der Waals surface area (Å²) >= 11 is 6.07. The van der Waals surface area contributed by atoms with Gasteiger partial charge >= 0.3 is 0 Å². The summed E-state index contributed by atoms with van der Waals surface area (Å²) in [6.45, 7) is 0. The second-order valence-corrected chi connectivity index (χ2v) is 4.19. The van der Waals surface area contributed by atoms with Crippen LogP contribution in [-0.4, -0.2) is 15.1 Å². The van der Waals surface area contributed by atoms with E-state index in [1.807, 2.05) is 18.2 Å². The lowest BCUT2D eigenvalue weighted by atomic mass is 10.1. The predicted octanol–water partition coefficient (Wildman–Crippen LogP) is 3.59. The minimum absolute atomic E-state index is 0.251. The average molecular weight is 245 g/mol. The van der Waals surface area contributed by atoms with Crippen molar-refractivity contribution in [3.8, 4) is 17.0 Å². The lowest BCUT2D eigenvalue weighted by molar-refractivity contribution is 0.475. The lowest BCUT2D eigenvalue weighted by Gasteiger charge is -1.97. The lowest BCUT2D eigenvalue weighted by Crippen LogP contribution is -1.76. The van der Waals surface area contributed by atoms with Crippen LogP contribution in [0.25, 0.3) is 22.3 Å². The van der Waals surface area contributed by atoms with Crippen molar-refractivity contribution in [2.45, 2.75) is 0 Å². The van der Waals surface area contributed by atoms with Gasteiger partial charge in [-0.25, -0.2) is 0 Å². The molecule has 0 fully saturated rings. The van der Waals surface area contributed by atoms with Crippen molar-refractivity contribution in [3.05, 3.63) is 47.6 Å². The number of hydrogen-bond donors (Lipinski definition) is 2. The maximum Gasteiger partial charge on any atom is 0.115 e. The monoisotopic (exact) mass is 244 g/mol. The van der Waals surface area contributed by atoms with Gasteiger partial charge in [0, 0.05) is 11.9 Å². The van der Waals surface area contributed by atoms with Crippen LogP contribution in [-0.2, 0) is 0 Å². The van der Waals surface area contributed by atoms with Gasteiger partial charge in [-0.2, -0.15) is 0 Å². The van der Waals surface area contributed by atoms with E-state index < -0.39 is 0 Å². The van der Waals surface area contributed by atoms with E-state index in [0.717, 1.165) is 22.3 Å². The molecule has 84 valence electrons. The third-order valence-corrected chi connectivity index (χ3v) is 2.96. The molecule has 0 spiro atoms. The van der Waals surface area contributed by atoms with E-state index in [1.165, 1.54) is 0 Å². The van der Waals surface area contributed by atoms with Crippen LogP contribution in [0.1, 0.15) is 0 Å². The molecule has 0 aliphatic rings. The quantitative estimate of drug-likeness (QED) is 0.687. The van der Waals surface area contributed by atoms with E-state index in [1.54, 1.807) is 24.4 Å². The molecule has 0 unspecified atom stereocenters. The van der Waals surface area contributed by atoms with E-state index in [0.29, 0.717) is 5.02 Å². The van der Waals surface area contributed by atoms with Crippen molar-refractivity contribution in [1.82, 2.24) is 9.97 Å². The SMILES string of the molecule is Oc1ccc(-c2cc3nccc(Cl)c3[nH]2)cc1. The molecule has 2 aromatic heterocycles. The smallest absolute Gasteiger partial charge is 0.115 e. The third-order valence-electron chi connectivity index (χ3n) is 2.65. The van der Waals surface area contributed by atoms with Crippen LogP contribution in [0.15, 0.2) is 42.6 Å². The Bertz CT molecular complexity index is 673. The Kier molecular flexibility index (Phi) is 2.27. The summed E-state index contributed by atoms with van der Waals surface area (Å²) in [6.07, 6.45) is 1.68. The summed E-state index contributed by atoms with van der Waals surface area (Å²) in [5, 5.41) is 9.90. The van der Waals surface area contributed by atoms with Crippen LogP contribution in [0, 0.1) is 0 Å². The zero-order valence-corrected chi connectivity index (χ0v) is 9.57. The van der Waals surface area contributed by atoms with Gasteiger partial charge in [0.05, 0.1) is 16.1 Å². The van der Waals surface area contributed by atoms with Crippen molar-refractivity contribution in [3.63, 3.8) is 0 Å². The molecule has 0 saturated heterocycles. The number of hydrogen-bond acceptors (Lipinski definition) is 2. The van der Waals surface area contributed by atoms with Crippen LogP contribution in [0.5, 0.6) is 5.75 Å². The van der Waals surface area contributed by atoms with Crippen molar-refractivity contribution in [2.75, 3.05) is 0 Å². The van der Waals surface area contributed by atoms with Crippen LogP contribution < -0.4 is 0 Å². The first kappa shape index (κ1) is 10.2. The minimum atomic E-state index is 0.251. The number of H-pyrrole nitrogens is 1. The molecular formula is C13H9ClN2O. The standard InChI is InChI=1S/C13H9ClN2O/c14-10-5-6-15-12-7-11(16-13(10)12)8-1-3-9(17)4-2-8/h1-7,16-17H. The molecule has 4 heteroatoms. The number of pyridine rings is 1. The highest BCUT2D eigenvalue weighted by Crippen LogP contribution is 2.27. The van der Waals surface area contributed by atoms with Gasteiger partial charge in [0.2, 0.25) is 0 Å². The maximum atomic E-state index is 9.24. The Hall–Kier alpha value is -2.00. The molecule has 0 amide bonds. The molecule has 0 radical (unpaired) electrons. The molecule has 2 N–H and O–H groups in total. The first-order chi connectivity index (χ1) is 8.24. The molecular weight excluding hydrogens is 236 g/mol. The molecule has 0 saturated carbocycles. The van der Waals surface area contributed by atoms with Gasteiger partial charge in [-0.3, -0.25) is 4.98 Å². The number of fused-ring (bicyclic) bond motifs is 1. The molecule has 1 aromatic carbocycles. The fourth-order valence-corrected chi connectivity index (χ4v) is 1.99. The molecule has 0 atom stereocenters. The number of nitrogens with zero attached hydrogens (tertiary/aromatic N) is 1. The number of benzene rings is 1. The minimum Gasteiger partial charge on any atom is -0.508 e. The van der Waals surface area contributed by atoms with Gasteiger partial charge in [0.15, 0.2) is 0 Å². The highest BCUT2D eigenvalue weighted by Gasteiger charge is 2.06. The average Bonchev–Trinajstić information content (AvgIpc) is 2.75. The van der Waals surface area contributed by atoms with Gasteiger partial charge in [0.25, 0.3) is 0 Å². The highest BCUT2D eigenvalue weighted by atomic mass is 35.5. The molecule has 0 aliphatic heterocycles. The Labute approximate surface area is 103 Å². The Morgan fingerprint density at radius 1 is 1.12 bits per heavy atom. The summed E-state index contributed by atoms with van der Waals surface area (Å²) in [5.41, 5.74) is 3.58. The van der Waals surface area contributed by atoms with Gasteiger partial charge in [-0.15, -0.1) is 0 Å². The summed E-state index contributed by atoms with van der Waals surface area (Å²) in [4.78, 5) is 7.46. The van der Waals surface area contributed by atoms with Crippen molar-refractivity contribution in [2.24, 2.45) is 0 Å². The van der Waals surface area contributed by atoms with Crippen LogP contribution in [0.4, 0.5) is 0 Å². The third kappa shape index (κ3) is 1.74. The molecule has 0 bridgehead atoms. The Morgan fingerprint density at radius 3 is 2.59 bits per heavy atom. The Morgan fingerprint density at radius 2 is 1.88 bits per heavy atom. The van der Waals surface area contributed by atoms with Gasteiger partial charge in [-0.1, -0.05) is 11.6 Å². The van der Waals surface area contributed by atoms with Gasteiger partial charge in [0.1, 0.15) is 5.75 Å². The molecule has 17 heavy (non-hydrogen) atoms. The fourth-order valence-electron chi connectivity index (χ4n) is 1.79. The summed E-state index contributed by atoms with van der Waals surface area (Å²) in [7, 11) is 0. The van der Waals surface area contributed by atoms with Crippen LogP contribution >= 0.6 is 11.6 Å². The second-order valence-electron chi connectivity index (χ2n) is 3.78. The number of aromatic hydroxyl groups is 1. The Balaban J connectivity index is 2.18. The van der Waals surface area contributed by atoms with Gasteiger partial charge < -0.3 is 10.1 Å². The zero-order chi connectivity index (χ0) is 11.8. The summed E-state index contributed by atoms with van der Waals surface area (Å²) < 4.78 is 0. The topological polar surface area (TPSA) is 48.9 Å². The second kappa shape index (κ2) is 3.79. The van der Waals surface area contributed by atoms with Crippen LogP contribution in [0.3, 0.4) is 0 Å². The van der Waals surface area contributed by atoms with Crippen LogP contribution in [0.2, 0.25) is 5.02 Å². The largest absolute Gasteiger partial charge is 0.508 e. The van der Waals surface area contributed by atoms with Crippen molar-refractivity contribution < 1.29 is 5.11 Å². The first-order valence-electron chi connectivity index (χ1n) is 5.17. The zero-order valence-electron chi connectivity index (χ0n) is 8.81. The van der Waals surface area contributed by atoms with Crippen molar-refractivity contribution >= 4 is 22.6 Å². The number of phenolic OH excluding ortho intramolecular Hbond substituents is 1. The number of halogens is 1. The van der Waals surface area contributed by atoms with E-state index in [2.05, 4.69) is 9.97 Å². The number of aromatic nitrogens is 2. The normalized spacial score (nSPS) is 10.9. The van der Waals surface area contributed by atoms with Gasteiger partial charge in [-0.05, 0) is 42.0 Å². The first-order valence-corrected chi connectivity index (χ1v) is 5.54. The fraction of sp³-hybridized carbons (Fsp3) is 0. The number of phenols is 1. The van der Waals surface area contributed by atoms with E-state index in [-0.39, 0.29) is 5.75 Å². The van der Waals surface area contributed by atoms with Crippen molar-refractivity contribution in [1.29, 1.82) is 0 Å². The number of nitrogens with one attached hydrogen (secondary N) is 1. The number of aromatic amines is 1. The summed E-state index contributed by atoms with van der Waals surface area (Å²) in [5.74, 6) is 0.251. The molecule has 3 rings (SSSR count). The van der Waals surface area contributed by atoms with E-state index in [9.17, 15) is 5.11 Å². The highest BCUT2D eigenvalue weighted by molar-refractivity contribution is 6.34. The molecule has 3 nitrogen and oxygen atoms in total. The predicted molar refractivity (Wildman–Crippen MR) is 68.2 cm³/mol. The van der Waals surface area contributed by atoms with E-state index >= 15 is 0 Å². The summed E-state index contributed by atoms with van der Waals surface area (Å²) in [6, 6.07) is 10.7. The number of rotatable bonds is 1. The molecule has 3 aromatic rings. The molecule has 2 heterocycles.